The van der Waals surface area contributed by atoms with Gasteiger partial charge in [0.1, 0.15) is 6.10 Å². The number of aliphatic hydroxyl groups is 6. The molecule has 0 saturated carbocycles. The molecule has 0 aliphatic rings. The summed E-state index contributed by atoms with van der Waals surface area (Å²) in [6.07, 6.45) is -3.85. The molecule has 0 unspecified atom stereocenters. The van der Waals surface area contributed by atoms with Crippen molar-refractivity contribution in [1.82, 2.24) is 0 Å². The third kappa shape index (κ3) is 3.86. The summed E-state index contributed by atoms with van der Waals surface area (Å²) >= 11 is 0. The fourth-order valence-electron chi connectivity index (χ4n) is 0.449. The quantitative estimate of drug-likeness (QED) is 0.174. The first kappa shape index (κ1) is 14.9. The van der Waals surface area contributed by atoms with Crippen LogP contribution < -0.4 is 0 Å². The van der Waals surface area contributed by atoms with Gasteiger partial charge in [0, 0.05) is 19.5 Å². The molecule has 0 saturated heterocycles. The van der Waals surface area contributed by atoms with Crippen LogP contribution in [0, 0.1) is 6.61 Å². The summed E-state index contributed by atoms with van der Waals surface area (Å²) in [4.78, 5) is 0. The first-order chi connectivity index (χ1) is 4.95. The second-order valence-corrected chi connectivity index (χ2v) is 2.12. The van der Waals surface area contributed by atoms with Gasteiger partial charge < -0.3 is 30.6 Å². The second kappa shape index (κ2) is 5.93. The van der Waals surface area contributed by atoms with Crippen LogP contribution >= 0.6 is 0 Å². The van der Waals surface area contributed by atoms with Crippen LogP contribution in [0.2, 0.25) is 0 Å². The zero-order valence-electron chi connectivity index (χ0n) is 6.33. The summed E-state index contributed by atoms with van der Waals surface area (Å²) in [7, 11) is 0. The van der Waals surface area contributed by atoms with Crippen molar-refractivity contribution in [3.8, 4) is 0 Å². The topological polar surface area (TPSA) is 121 Å². The molecule has 0 aromatic rings. The van der Waals surface area contributed by atoms with Crippen molar-refractivity contribution in [2.45, 2.75) is 18.0 Å². The van der Waals surface area contributed by atoms with Crippen LogP contribution in [0.1, 0.15) is 0 Å². The molecule has 6 N–H and O–H groups in total. The van der Waals surface area contributed by atoms with Crippen LogP contribution in [0.3, 0.4) is 0 Å². The maximum absolute atomic E-state index is 8.74. The minimum atomic E-state index is -2.81. The molecule has 0 amide bonds. The Morgan fingerprint density at radius 2 is 1.67 bits per heavy atom. The summed E-state index contributed by atoms with van der Waals surface area (Å²) in [6, 6.07) is 0. The monoisotopic (exact) mass is 231 g/mol. The van der Waals surface area contributed by atoms with Gasteiger partial charge in [-0.3, -0.25) is 0 Å². The predicted molar refractivity (Wildman–Crippen MR) is 32.5 cm³/mol. The fraction of sp³-hybridized carbons (Fsp3) is 0.800. The van der Waals surface area contributed by atoms with E-state index in [-0.39, 0.29) is 26.1 Å². The number of rotatable bonds is 4. The summed E-state index contributed by atoms with van der Waals surface area (Å²) in [6.45, 7) is -0.958. The first-order valence-electron chi connectivity index (χ1n) is 2.85. The summed E-state index contributed by atoms with van der Waals surface area (Å²) < 4.78 is 0. The molecule has 7 heteroatoms. The third-order valence-corrected chi connectivity index (χ3v) is 1.18. The van der Waals surface area contributed by atoms with E-state index in [1.54, 1.807) is 0 Å². The molecular weight excluding hydrogens is 221 g/mol. The number of hydrogen-bond donors (Lipinski definition) is 6. The molecule has 0 aliphatic carbocycles. The number of aliphatic hydroxyl groups excluding tert-OH is 4. The van der Waals surface area contributed by atoms with Gasteiger partial charge in [0.05, 0.1) is 6.61 Å². The molecular formula is C5H11O6Zn-. The van der Waals surface area contributed by atoms with Gasteiger partial charge in [-0.2, -0.15) is 6.61 Å². The summed E-state index contributed by atoms with van der Waals surface area (Å²) in [5.41, 5.74) is 0. The second-order valence-electron chi connectivity index (χ2n) is 2.12. The predicted octanol–water partition coefficient (Wildman–Crippen LogP) is -3.09. The Morgan fingerprint density at radius 3 is 1.92 bits per heavy atom. The van der Waals surface area contributed by atoms with Crippen molar-refractivity contribution >= 4 is 0 Å². The molecule has 0 rings (SSSR count). The summed E-state index contributed by atoms with van der Waals surface area (Å²) in [5.74, 6) is -2.81. The zero-order valence-corrected chi connectivity index (χ0v) is 9.30. The van der Waals surface area contributed by atoms with Gasteiger partial charge in [0.2, 0.25) is 5.79 Å². The van der Waals surface area contributed by atoms with Crippen LogP contribution in [0.4, 0.5) is 0 Å². The van der Waals surface area contributed by atoms with Crippen LogP contribution in [-0.4, -0.2) is 55.2 Å². The van der Waals surface area contributed by atoms with E-state index in [1.807, 2.05) is 0 Å². The van der Waals surface area contributed by atoms with Crippen LogP contribution in [0.5, 0.6) is 0 Å². The van der Waals surface area contributed by atoms with Gasteiger partial charge in [0.15, 0.2) is 0 Å². The average Bonchev–Trinajstić information content (AvgIpc) is 2.01. The van der Waals surface area contributed by atoms with Crippen molar-refractivity contribution < 1.29 is 50.1 Å². The van der Waals surface area contributed by atoms with Gasteiger partial charge in [-0.1, -0.05) is 0 Å². The Morgan fingerprint density at radius 1 is 1.25 bits per heavy atom. The van der Waals surface area contributed by atoms with Crippen molar-refractivity contribution in [2.24, 2.45) is 0 Å². The van der Waals surface area contributed by atoms with Crippen molar-refractivity contribution in [3.05, 3.63) is 6.61 Å². The number of hydrogen-bond acceptors (Lipinski definition) is 6. The van der Waals surface area contributed by atoms with E-state index in [1.165, 1.54) is 0 Å². The molecule has 6 nitrogen and oxygen atoms in total. The normalized spacial score (nSPS) is 16.5. The van der Waals surface area contributed by atoms with Gasteiger partial charge >= 0.3 is 0 Å². The Labute approximate surface area is 81.8 Å². The van der Waals surface area contributed by atoms with Gasteiger partial charge in [-0.15, -0.1) is 0 Å². The minimum absolute atomic E-state index is 0. The van der Waals surface area contributed by atoms with Crippen LogP contribution in [0.25, 0.3) is 0 Å². The molecule has 0 aromatic heterocycles. The van der Waals surface area contributed by atoms with Crippen molar-refractivity contribution in [2.75, 3.05) is 6.61 Å². The van der Waals surface area contributed by atoms with E-state index in [2.05, 4.69) is 0 Å². The van der Waals surface area contributed by atoms with E-state index in [0.29, 0.717) is 0 Å². The first-order valence-corrected chi connectivity index (χ1v) is 2.85. The smallest absolute Gasteiger partial charge is 0.213 e. The van der Waals surface area contributed by atoms with E-state index in [9.17, 15) is 0 Å². The largest absolute Gasteiger partial charge is 0.563 e. The fourth-order valence-corrected chi connectivity index (χ4v) is 0.449. The maximum Gasteiger partial charge on any atom is 0.213 e. The van der Waals surface area contributed by atoms with Gasteiger partial charge in [-0.25, -0.2) is 0 Å². The Balaban J connectivity index is 0. The molecule has 0 bridgehead atoms. The summed E-state index contributed by atoms with van der Waals surface area (Å²) in [5, 5.41) is 51.0. The van der Waals surface area contributed by atoms with Crippen LogP contribution in [0.15, 0.2) is 0 Å². The van der Waals surface area contributed by atoms with Gasteiger partial charge in [-0.05, 0) is 6.10 Å². The zero-order chi connectivity index (χ0) is 9.07. The average molecular weight is 233 g/mol. The molecule has 0 heterocycles. The standard InChI is InChI=1S/C5H11O6.Zn/c6-1-3(8)4(9)5(10,11)2-7;/h1,3-4,6-11H,2H2;/q-1;/t3-,4+;/m1./s1. The molecule has 0 radical (unpaired) electrons. The SMILES string of the molecule is O[CH-][C@@H](O)[C@H](O)C(O)(O)CO.[Zn]. The van der Waals surface area contributed by atoms with Crippen molar-refractivity contribution in [1.29, 1.82) is 0 Å². The Hall–Kier alpha value is 0.383. The van der Waals surface area contributed by atoms with Gasteiger partial charge in [0.25, 0.3) is 0 Å². The molecule has 2 atom stereocenters. The molecule has 0 aliphatic heterocycles. The maximum atomic E-state index is 8.74. The molecule has 12 heavy (non-hydrogen) atoms. The molecule has 0 spiro atoms. The third-order valence-electron chi connectivity index (χ3n) is 1.18. The molecule has 0 fully saturated rings. The van der Waals surface area contributed by atoms with Crippen LogP contribution in [-0.2, 0) is 19.5 Å². The van der Waals surface area contributed by atoms with E-state index >= 15 is 0 Å². The Kier molecular flexibility index (Phi) is 7.36. The Bertz CT molecular complexity index is 119. The minimum Gasteiger partial charge on any atom is -0.563 e. The molecule has 70 valence electrons. The van der Waals surface area contributed by atoms with E-state index < -0.39 is 24.6 Å². The van der Waals surface area contributed by atoms with E-state index in [4.69, 9.17) is 30.6 Å². The van der Waals surface area contributed by atoms with Crippen molar-refractivity contribution in [3.63, 3.8) is 0 Å². The van der Waals surface area contributed by atoms with E-state index in [0.717, 1.165) is 0 Å². The molecule has 0 aromatic carbocycles.